The van der Waals surface area contributed by atoms with Crippen LogP contribution in [0, 0.1) is 9.81 Å². The third kappa shape index (κ3) is 2.08. The Hall–Kier alpha value is -0.850. The molecule has 0 bridgehead atoms. The number of benzene rings is 1. The highest BCUT2D eigenvalue weighted by atomic mass is 127. The summed E-state index contributed by atoms with van der Waals surface area (Å²) in [5, 5.41) is 13.3. The maximum absolute atomic E-state index is 10.3. The smallest absolute Gasteiger partial charge is 0.138 e. The number of furan rings is 1. The van der Waals surface area contributed by atoms with Crippen LogP contribution in [0.2, 0.25) is 0 Å². The lowest BCUT2D eigenvalue weighted by atomic mass is 10.1. The van der Waals surface area contributed by atoms with Crippen molar-refractivity contribution < 1.29 is 9.52 Å². The maximum atomic E-state index is 10.3. The molecule has 0 saturated carbocycles. The zero-order chi connectivity index (χ0) is 12.7. The average molecular weight is 370 g/mol. The lowest BCUT2D eigenvalue weighted by Crippen LogP contribution is -1.95. The fourth-order valence-corrected chi connectivity index (χ4v) is 3.39. The van der Waals surface area contributed by atoms with Crippen molar-refractivity contribution in [3.05, 3.63) is 55.5 Å². The molecule has 2 aromatic heterocycles. The number of aliphatic hydroxyl groups is 1. The van der Waals surface area contributed by atoms with E-state index < -0.39 is 6.10 Å². The van der Waals surface area contributed by atoms with Crippen LogP contribution in [-0.2, 0) is 0 Å². The van der Waals surface area contributed by atoms with Crippen molar-refractivity contribution in [2.75, 3.05) is 0 Å². The van der Waals surface area contributed by atoms with Crippen LogP contribution in [-0.4, -0.2) is 5.11 Å². The highest BCUT2D eigenvalue weighted by Crippen LogP contribution is 2.31. The molecule has 3 aromatic rings. The standard InChI is InChI=1S/C14H11IO2S/c1-8-3-2-4-9-5-11(17-14(8)9)13(16)10-6-12(15)18-7-10/h2-7,13,16H,1H3. The second-order valence-electron chi connectivity index (χ2n) is 4.23. The molecule has 1 atom stereocenters. The zero-order valence-corrected chi connectivity index (χ0v) is 12.7. The van der Waals surface area contributed by atoms with Gasteiger partial charge in [-0.3, -0.25) is 0 Å². The van der Waals surface area contributed by atoms with E-state index in [1.807, 2.05) is 42.6 Å². The first kappa shape index (κ1) is 12.2. The molecule has 1 unspecified atom stereocenters. The van der Waals surface area contributed by atoms with Gasteiger partial charge in [0.2, 0.25) is 0 Å². The van der Waals surface area contributed by atoms with Crippen molar-refractivity contribution in [3.8, 4) is 0 Å². The van der Waals surface area contributed by atoms with Gasteiger partial charge < -0.3 is 9.52 Å². The second kappa shape index (κ2) is 4.68. The van der Waals surface area contributed by atoms with Crippen molar-refractivity contribution in [3.63, 3.8) is 0 Å². The Morgan fingerprint density at radius 1 is 1.33 bits per heavy atom. The van der Waals surface area contributed by atoms with Crippen molar-refractivity contribution >= 4 is 44.9 Å². The molecular weight excluding hydrogens is 359 g/mol. The van der Waals surface area contributed by atoms with Gasteiger partial charge in [-0.05, 0) is 58.2 Å². The Morgan fingerprint density at radius 3 is 2.83 bits per heavy atom. The summed E-state index contributed by atoms with van der Waals surface area (Å²) in [4.78, 5) is 0. The molecule has 0 aliphatic heterocycles. The van der Waals surface area contributed by atoms with Crippen LogP contribution in [0.25, 0.3) is 11.0 Å². The Morgan fingerprint density at radius 2 is 2.17 bits per heavy atom. The third-order valence-corrected chi connectivity index (χ3v) is 4.74. The van der Waals surface area contributed by atoms with Gasteiger partial charge in [-0.1, -0.05) is 18.2 Å². The van der Waals surface area contributed by atoms with E-state index in [0.717, 1.165) is 25.0 Å². The quantitative estimate of drug-likeness (QED) is 0.675. The van der Waals surface area contributed by atoms with Crippen LogP contribution in [0.1, 0.15) is 23.0 Å². The van der Waals surface area contributed by atoms with E-state index >= 15 is 0 Å². The molecule has 18 heavy (non-hydrogen) atoms. The summed E-state index contributed by atoms with van der Waals surface area (Å²) >= 11 is 3.87. The number of halogens is 1. The zero-order valence-electron chi connectivity index (χ0n) is 9.68. The lowest BCUT2D eigenvalue weighted by molar-refractivity contribution is 0.192. The molecule has 0 aliphatic carbocycles. The van der Waals surface area contributed by atoms with Gasteiger partial charge in [-0.15, -0.1) is 11.3 Å². The topological polar surface area (TPSA) is 33.4 Å². The molecule has 2 nitrogen and oxygen atoms in total. The monoisotopic (exact) mass is 370 g/mol. The number of aliphatic hydroxyl groups excluding tert-OH is 1. The summed E-state index contributed by atoms with van der Waals surface area (Å²) in [5.74, 6) is 0.605. The highest BCUT2D eigenvalue weighted by Gasteiger charge is 2.17. The largest absolute Gasteiger partial charge is 0.458 e. The molecule has 2 heterocycles. The number of para-hydroxylation sites is 1. The first-order chi connectivity index (χ1) is 8.65. The van der Waals surface area contributed by atoms with Crippen molar-refractivity contribution in [2.45, 2.75) is 13.0 Å². The molecule has 92 valence electrons. The number of fused-ring (bicyclic) bond motifs is 1. The molecule has 3 rings (SSSR count). The summed E-state index contributed by atoms with van der Waals surface area (Å²) in [6.07, 6.45) is -0.684. The van der Waals surface area contributed by atoms with E-state index in [-0.39, 0.29) is 0 Å². The predicted molar refractivity (Wildman–Crippen MR) is 82.0 cm³/mol. The molecule has 0 aliphatic rings. The molecule has 0 saturated heterocycles. The molecular formula is C14H11IO2S. The van der Waals surface area contributed by atoms with Gasteiger partial charge in [0.1, 0.15) is 17.4 Å². The van der Waals surface area contributed by atoms with Crippen LogP contribution >= 0.6 is 33.9 Å². The van der Waals surface area contributed by atoms with Crippen molar-refractivity contribution in [2.24, 2.45) is 0 Å². The van der Waals surface area contributed by atoms with Crippen LogP contribution < -0.4 is 0 Å². The third-order valence-electron chi connectivity index (χ3n) is 2.93. The number of hydrogen-bond acceptors (Lipinski definition) is 3. The van der Waals surface area contributed by atoms with Crippen LogP contribution in [0.15, 0.2) is 40.1 Å². The normalized spacial score (nSPS) is 13.1. The number of aryl methyl sites for hydroxylation is 1. The van der Waals surface area contributed by atoms with Gasteiger partial charge in [0.05, 0.1) is 2.88 Å². The predicted octanol–water partition coefficient (Wildman–Crippen LogP) is 4.49. The van der Waals surface area contributed by atoms with Crippen molar-refractivity contribution in [1.82, 2.24) is 0 Å². The van der Waals surface area contributed by atoms with E-state index in [2.05, 4.69) is 22.6 Å². The first-order valence-electron chi connectivity index (χ1n) is 5.56. The average Bonchev–Trinajstić information content (AvgIpc) is 2.95. The maximum Gasteiger partial charge on any atom is 0.138 e. The second-order valence-corrected chi connectivity index (χ2v) is 7.03. The summed E-state index contributed by atoms with van der Waals surface area (Å²) in [7, 11) is 0. The summed E-state index contributed by atoms with van der Waals surface area (Å²) in [6.45, 7) is 2.01. The minimum Gasteiger partial charge on any atom is -0.458 e. The minimum absolute atomic E-state index is 0.605. The first-order valence-corrected chi connectivity index (χ1v) is 7.52. The SMILES string of the molecule is Cc1cccc2cc(C(O)c3csc(I)c3)oc12. The Labute approximate surface area is 122 Å². The van der Waals surface area contributed by atoms with Gasteiger partial charge in [0, 0.05) is 5.39 Å². The van der Waals surface area contributed by atoms with Gasteiger partial charge in [-0.2, -0.15) is 0 Å². The Balaban J connectivity index is 2.06. The highest BCUT2D eigenvalue weighted by molar-refractivity contribution is 14.1. The Kier molecular flexibility index (Phi) is 3.17. The lowest BCUT2D eigenvalue weighted by Gasteiger charge is -2.04. The fourth-order valence-electron chi connectivity index (χ4n) is 1.99. The van der Waals surface area contributed by atoms with Crippen LogP contribution in [0.3, 0.4) is 0 Å². The van der Waals surface area contributed by atoms with E-state index in [0.29, 0.717) is 5.76 Å². The van der Waals surface area contributed by atoms with Gasteiger partial charge in [0.15, 0.2) is 0 Å². The number of thiophene rings is 1. The van der Waals surface area contributed by atoms with E-state index in [9.17, 15) is 5.11 Å². The number of hydrogen-bond donors (Lipinski definition) is 1. The number of rotatable bonds is 2. The molecule has 0 amide bonds. The van der Waals surface area contributed by atoms with Gasteiger partial charge in [0.25, 0.3) is 0 Å². The molecule has 1 aromatic carbocycles. The van der Waals surface area contributed by atoms with E-state index in [1.165, 1.54) is 0 Å². The summed E-state index contributed by atoms with van der Waals surface area (Å²) in [5.41, 5.74) is 2.84. The molecule has 0 spiro atoms. The van der Waals surface area contributed by atoms with Crippen LogP contribution in [0.5, 0.6) is 0 Å². The Bertz CT molecular complexity index is 699. The fraction of sp³-hybridized carbons (Fsp3) is 0.143. The van der Waals surface area contributed by atoms with Gasteiger partial charge >= 0.3 is 0 Å². The minimum atomic E-state index is -0.684. The van der Waals surface area contributed by atoms with E-state index in [4.69, 9.17) is 4.42 Å². The van der Waals surface area contributed by atoms with Crippen molar-refractivity contribution in [1.29, 1.82) is 0 Å². The van der Waals surface area contributed by atoms with E-state index in [1.54, 1.807) is 11.3 Å². The molecule has 4 heteroatoms. The molecule has 0 fully saturated rings. The van der Waals surface area contributed by atoms with Crippen LogP contribution in [0.4, 0.5) is 0 Å². The molecule has 0 radical (unpaired) electrons. The summed E-state index contributed by atoms with van der Waals surface area (Å²) < 4.78 is 6.94. The van der Waals surface area contributed by atoms with Gasteiger partial charge in [-0.25, -0.2) is 0 Å². The molecule has 1 N–H and O–H groups in total. The summed E-state index contributed by atoms with van der Waals surface area (Å²) in [6, 6.07) is 9.90.